The average molecular weight is 211 g/mol. The lowest BCUT2D eigenvalue weighted by Gasteiger charge is -2.09. The fourth-order valence-electron chi connectivity index (χ4n) is 1.06. The molecule has 1 rings (SSSR count). The quantitative estimate of drug-likeness (QED) is 0.746. The van der Waals surface area contributed by atoms with Gasteiger partial charge in [-0.2, -0.15) is 5.10 Å². The number of amides is 1. The maximum absolute atomic E-state index is 11.3. The molecule has 1 aromatic heterocycles. The number of carbonyl (C=O) groups is 1. The molecule has 6 heteroatoms. The molecule has 0 spiro atoms. The standard InChI is InChI=1S/C9H17N5O/c1-7(10)9-11-6-14(12-9)5-4-8(15)13(2)3/h6-7H,4-5,10H2,1-3H3. The minimum atomic E-state index is -0.171. The lowest BCUT2D eigenvalue weighted by Crippen LogP contribution is -2.23. The van der Waals surface area contributed by atoms with E-state index in [2.05, 4.69) is 10.1 Å². The van der Waals surface area contributed by atoms with E-state index in [0.29, 0.717) is 18.8 Å². The van der Waals surface area contributed by atoms with Gasteiger partial charge in [0.1, 0.15) is 6.33 Å². The third kappa shape index (κ3) is 3.32. The van der Waals surface area contributed by atoms with E-state index in [4.69, 9.17) is 5.73 Å². The Kier molecular flexibility index (Phi) is 3.79. The summed E-state index contributed by atoms with van der Waals surface area (Å²) in [6.45, 7) is 2.36. The predicted molar refractivity (Wildman–Crippen MR) is 55.9 cm³/mol. The topological polar surface area (TPSA) is 77.0 Å². The molecule has 1 atom stereocenters. The summed E-state index contributed by atoms with van der Waals surface area (Å²) in [5.41, 5.74) is 5.62. The summed E-state index contributed by atoms with van der Waals surface area (Å²) >= 11 is 0. The largest absolute Gasteiger partial charge is 0.349 e. The molecule has 0 aliphatic carbocycles. The molecule has 84 valence electrons. The highest BCUT2D eigenvalue weighted by atomic mass is 16.2. The Labute approximate surface area is 89.1 Å². The molecule has 1 aromatic rings. The normalized spacial score (nSPS) is 12.5. The Morgan fingerprint density at radius 1 is 1.67 bits per heavy atom. The van der Waals surface area contributed by atoms with Crippen LogP contribution in [-0.4, -0.2) is 39.7 Å². The summed E-state index contributed by atoms with van der Waals surface area (Å²) in [6, 6.07) is -0.171. The number of aromatic nitrogens is 3. The van der Waals surface area contributed by atoms with Gasteiger partial charge in [-0.1, -0.05) is 0 Å². The number of nitrogens with zero attached hydrogens (tertiary/aromatic N) is 4. The maximum atomic E-state index is 11.3. The molecule has 0 fully saturated rings. The summed E-state index contributed by atoms with van der Waals surface area (Å²) in [5.74, 6) is 0.681. The van der Waals surface area contributed by atoms with E-state index >= 15 is 0 Å². The summed E-state index contributed by atoms with van der Waals surface area (Å²) in [7, 11) is 3.47. The van der Waals surface area contributed by atoms with E-state index in [9.17, 15) is 4.79 Å². The van der Waals surface area contributed by atoms with Crippen LogP contribution >= 0.6 is 0 Å². The summed E-state index contributed by atoms with van der Waals surface area (Å²) in [4.78, 5) is 16.9. The van der Waals surface area contributed by atoms with Crippen molar-refractivity contribution in [1.82, 2.24) is 19.7 Å². The Bertz CT molecular complexity index is 331. The van der Waals surface area contributed by atoms with Crippen LogP contribution in [0.15, 0.2) is 6.33 Å². The molecule has 6 nitrogen and oxygen atoms in total. The second-order valence-corrected chi connectivity index (χ2v) is 3.69. The van der Waals surface area contributed by atoms with Gasteiger partial charge in [-0.05, 0) is 6.92 Å². The molecule has 0 aliphatic heterocycles. The van der Waals surface area contributed by atoms with Crippen molar-refractivity contribution in [1.29, 1.82) is 0 Å². The molecule has 15 heavy (non-hydrogen) atoms. The van der Waals surface area contributed by atoms with E-state index < -0.39 is 0 Å². The first-order valence-electron chi connectivity index (χ1n) is 4.85. The molecule has 1 unspecified atom stereocenters. The van der Waals surface area contributed by atoms with Crippen LogP contribution in [-0.2, 0) is 11.3 Å². The molecule has 0 bridgehead atoms. The number of rotatable bonds is 4. The Hall–Kier alpha value is -1.43. The molecule has 0 aromatic carbocycles. The Balaban J connectivity index is 2.48. The minimum Gasteiger partial charge on any atom is -0.349 e. The van der Waals surface area contributed by atoms with Crippen molar-refractivity contribution in [2.75, 3.05) is 14.1 Å². The van der Waals surface area contributed by atoms with Gasteiger partial charge in [0.2, 0.25) is 5.91 Å². The SMILES string of the molecule is CC(N)c1ncn(CCC(=O)N(C)C)n1. The zero-order valence-electron chi connectivity index (χ0n) is 9.34. The summed E-state index contributed by atoms with van der Waals surface area (Å²) in [5, 5.41) is 4.15. The van der Waals surface area contributed by atoms with Gasteiger partial charge in [0, 0.05) is 20.5 Å². The molecule has 1 amide bonds. The molecule has 0 saturated heterocycles. The first-order chi connectivity index (χ1) is 7.00. The zero-order chi connectivity index (χ0) is 11.4. The number of aryl methyl sites for hydroxylation is 1. The Morgan fingerprint density at radius 3 is 2.80 bits per heavy atom. The lowest BCUT2D eigenvalue weighted by molar-refractivity contribution is -0.128. The van der Waals surface area contributed by atoms with Crippen LogP contribution in [0, 0.1) is 0 Å². The highest BCUT2D eigenvalue weighted by molar-refractivity contribution is 5.75. The molecule has 0 saturated carbocycles. The molecule has 1 heterocycles. The van der Waals surface area contributed by atoms with Crippen molar-refractivity contribution < 1.29 is 4.79 Å². The van der Waals surface area contributed by atoms with Gasteiger partial charge in [-0.25, -0.2) is 4.98 Å². The minimum absolute atomic E-state index is 0.0767. The van der Waals surface area contributed by atoms with Gasteiger partial charge in [0.05, 0.1) is 12.6 Å². The van der Waals surface area contributed by atoms with E-state index in [1.165, 1.54) is 0 Å². The molecular formula is C9H17N5O. The van der Waals surface area contributed by atoms with Crippen LogP contribution in [0.3, 0.4) is 0 Å². The highest BCUT2D eigenvalue weighted by Crippen LogP contribution is 2.01. The van der Waals surface area contributed by atoms with Crippen molar-refractivity contribution in [2.45, 2.75) is 25.9 Å². The van der Waals surface area contributed by atoms with Gasteiger partial charge >= 0.3 is 0 Å². The molecule has 2 N–H and O–H groups in total. The molecule has 0 aliphatic rings. The van der Waals surface area contributed by atoms with Crippen LogP contribution < -0.4 is 5.73 Å². The van der Waals surface area contributed by atoms with Crippen molar-refractivity contribution in [3.63, 3.8) is 0 Å². The van der Waals surface area contributed by atoms with Crippen molar-refractivity contribution in [3.8, 4) is 0 Å². The number of hydrogen-bond donors (Lipinski definition) is 1. The molecular weight excluding hydrogens is 194 g/mol. The highest BCUT2D eigenvalue weighted by Gasteiger charge is 2.07. The lowest BCUT2D eigenvalue weighted by atomic mass is 10.3. The third-order valence-electron chi connectivity index (χ3n) is 2.02. The summed E-state index contributed by atoms with van der Waals surface area (Å²) < 4.78 is 1.64. The van der Waals surface area contributed by atoms with Crippen LogP contribution in [0.25, 0.3) is 0 Å². The van der Waals surface area contributed by atoms with E-state index in [1.807, 2.05) is 6.92 Å². The van der Waals surface area contributed by atoms with Gasteiger partial charge in [-0.3, -0.25) is 9.48 Å². The second-order valence-electron chi connectivity index (χ2n) is 3.69. The van der Waals surface area contributed by atoms with Crippen LogP contribution in [0.4, 0.5) is 0 Å². The van der Waals surface area contributed by atoms with Gasteiger partial charge < -0.3 is 10.6 Å². The van der Waals surface area contributed by atoms with Crippen molar-refractivity contribution in [2.24, 2.45) is 5.73 Å². The summed E-state index contributed by atoms with van der Waals surface area (Å²) in [6.07, 6.45) is 2.02. The van der Waals surface area contributed by atoms with Crippen LogP contribution in [0.5, 0.6) is 0 Å². The fourth-order valence-corrected chi connectivity index (χ4v) is 1.06. The van der Waals surface area contributed by atoms with E-state index in [1.54, 1.807) is 30.0 Å². The van der Waals surface area contributed by atoms with E-state index in [-0.39, 0.29) is 11.9 Å². The number of hydrogen-bond acceptors (Lipinski definition) is 4. The van der Waals surface area contributed by atoms with Gasteiger partial charge in [-0.15, -0.1) is 0 Å². The van der Waals surface area contributed by atoms with Crippen molar-refractivity contribution in [3.05, 3.63) is 12.2 Å². The monoisotopic (exact) mass is 211 g/mol. The van der Waals surface area contributed by atoms with Crippen LogP contribution in [0.1, 0.15) is 25.2 Å². The second kappa shape index (κ2) is 4.88. The van der Waals surface area contributed by atoms with Gasteiger partial charge in [0.25, 0.3) is 0 Å². The predicted octanol–water partition coefficient (Wildman–Crippen LogP) is -0.224. The maximum Gasteiger partial charge on any atom is 0.223 e. The Morgan fingerprint density at radius 2 is 2.33 bits per heavy atom. The number of carbonyl (C=O) groups excluding carboxylic acids is 1. The van der Waals surface area contributed by atoms with Crippen LogP contribution in [0.2, 0.25) is 0 Å². The van der Waals surface area contributed by atoms with Gasteiger partial charge in [0.15, 0.2) is 5.82 Å². The smallest absolute Gasteiger partial charge is 0.223 e. The average Bonchev–Trinajstić information content (AvgIpc) is 2.62. The van der Waals surface area contributed by atoms with E-state index in [0.717, 1.165) is 0 Å². The molecule has 0 radical (unpaired) electrons. The first-order valence-corrected chi connectivity index (χ1v) is 4.85. The fraction of sp³-hybridized carbons (Fsp3) is 0.667. The zero-order valence-corrected chi connectivity index (χ0v) is 9.34. The van der Waals surface area contributed by atoms with Crippen molar-refractivity contribution >= 4 is 5.91 Å². The number of nitrogens with two attached hydrogens (primary N) is 1. The first kappa shape index (κ1) is 11.6. The third-order valence-corrected chi connectivity index (χ3v) is 2.02.